The Bertz CT molecular complexity index is 1640. The number of aryl methyl sites for hydroxylation is 1. The molecule has 0 aliphatic heterocycles. The smallest absolute Gasteiger partial charge is 0.228 e. The highest BCUT2D eigenvalue weighted by molar-refractivity contribution is 5.84. The number of nitrogens with one attached hydrogen (secondary N) is 2. The predicted molar refractivity (Wildman–Crippen MR) is 162 cm³/mol. The zero-order valence-electron chi connectivity index (χ0n) is 23.3. The molecule has 1 aliphatic rings. The lowest BCUT2D eigenvalue weighted by Gasteiger charge is -2.23. The van der Waals surface area contributed by atoms with Gasteiger partial charge in [0.15, 0.2) is 5.65 Å². The van der Waals surface area contributed by atoms with Gasteiger partial charge in [-0.15, -0.1) is 0 Å². The molecule has 0 saturated heterocycles. The summed E-state index contributed by atoms with van der Waals surface area (Å²) in [5.41, 5.74) is 6.33. The van der Waals surface area contributed by atoms with Gasteiger partial charge < -0.3 is 15.7 Å². The van der Waals surface area contributed by atoms with Gasteiger partial charge in [-0.2, -0.15) is 9.61 Å². The van der Waals surface area contributed by atoms with Gasteiger partial charge in [-0.1, -0.05) is 79.6 Å². The highest BCUT2D eigenvalue weighted by Crippen LogP contribution is 2.37. The Morgan fingerprint density at radius 1 is 0.951 bits per heavy atom. The summed E-state index contributed by atoms with van der Waals surface area (Å²) in [6, 6.07) is 27.6. The second-order valence-corrected chi connectivity index (χ2v) is 10.9. The summed E-state index contributed by atoms with van der Waals surface area (Å²) in [5.74, 6) is 1.42. The van der Waals surface area contributed by atoms with Crippen LogP contribution in [0.1, 0.15) is 53.9 Å². The summed E-state index contributed by atoms with van der Waals surface area (Å²) in [7, 11) is 0. The summed E-state index contributed by atoms with van der Waals surface area (Å²) in [6.07, 6.45) is 6.44. The number of phenolic OH excluding ortho intramolecular Hbond substituents is 1. The van der Waals surface area contributed by atoms with Crippen LogP contribution in [0.2, 0.25) is 0 Å². The molecule has 1 saturated carbocycles. The molecular weight excluding hydrogens is 510 g/mol. The van der Waals surface area contributed by atoms with E-state index in [0.29, 0.717) is 30.3 Å². The van der Waals surface area contributed by atoms with Gasteiger partial charge in [-0.3, -0.25) is 4.79 Å². The van der Waals surface area contributed by atoms with E-state index in [9.17, 15) is 9.90 Å². The first-order chi connectivity index (χ1) is 20.1. The maximum Gasteiger partial charge on any atom is 0.228 e. The normalized spacial score (nSPS) is 14.3. The quantitative estimate of drug-likeness (QED) is 0.194. The van der Waals surface area contributed by atoms with Crippen LogP contribution in [0.25, 0.3) is 16.9 Å². The Balaban J connectivity index is 1.13. The molecule has 1 aliphatic carbocycles. The largest absolute Gasteiger partial charge is 0.507 e. The van der Waals surface area contributed by atoms with Gasteiger partial charge in [0.1, 0.15) is 11.6 Å². The van der Waals surface area contributed by atoms with Gasteiger partial charge in [0.05, 0.1) is 17.8 Å². The number of hydrogen-bond donors (Lipinski definition) is 3. The van der Waals surface area contributed by atoms with E-state index in [0.717, 1.165) is 46.6 Å². The maximum absolute atomic E-state index is 13.3. The number of aromatic hydroxyl groups is 1. The number of para-hydroxylation sites is 1. The first-order valence-corrected chi connectivity index (χ1v) is 14.3. The van der Waals surface area contributed by atoms with Gasteiger partial charge in [0.25, 0.3) is 0 Å². The zero-order chi connectivity index (χ0) is 28.2. The predicted octanol–water partition coefficient (Wildman–Crippen LogP) is 6.61. The number of fused-ring (bicyclic) bond motifs is 1. The molecule has 41 heavy (non-hydrogen) atoms. The minimum atomic E-state index is -0.0898. The van der Waals surface area contributed by atoms with Crippen molar-refractivity contribution in [2.24, 2.45) is 5.92 Å². The van der Waals surface area contributed by atoms with Crippen LogP contribution in [0, 0.1) is 12.8 Å². The SMILES string of the molecule is Cc1cnn2c(NCc3ccc(CNC(=O)C(c4ccccc4)C4CCCC4)cc3)cc(-c3ccccc3O)nc12. The van der Waals surface area contributed by atoms with Crippen molar-refractivity contribution in [3.8, 4) is 17.0 Å². The van der Waals surface area contributed by atoms with Gasteiger partial charge in [0.2, 0.25) is 5.91 Å². The van der Waals surface area contributed by atoms with E-state index in [1.165, 1.54) is 12.8 Å². The first-order valence-electron chi connectivity index (χ1n) is 14.3. The molecule has 1 unspecified atom stereocenters. The number of anilines is 1. The number of carbonyl (C=O) groups is 1. The Kier molecular flexibility index (Phi) is 7.67. The fourth-order valence-electron chi connectivity index (χ4n) is 5.88. The van der Waals surface area contributed by atoms with Crippen LogP contribution in [-0.4, -0.2) is 25.6 Å². The summed E-state index contributed by atoms with van der Waals surface area (Å²) in [5, 5.41) is 21.6. The Hall–Kier alpha value is -4.65. The van der Waals surface area contributed by atoms with Crippen molar-refractivity contribution in [1.29, 1.82) is 0 Å². The van der Waals surface area contributed by atoms with E-state index >= 15 is 0 Å². The molecule has 2 aromatic heterocycles. The molecule has 7 nitrogen and oxygen atoms in total. The van der Waals surface area contributed by atoms with E-state index in [2.05, 4.69) is 52.1 Å². The highest BCUT2D eigenvalue weighted by atomic mass is 16.3. The number of aromatic nitrogens is 3. The molecule has 3 aromatic carbocycles. The van der Waals surface area contributed by atoms with Crippen LogP contribution in [-0.2, 0) is 17.9 Å². The third-order valence-corrected chi connectivity index (χ3v) is 8.10. The number of nitrogens with zero attached hydrogens (tertiary/aromatic N) is 3. The molecule has 5 aromatic rings. The van der Waals surface area contributed by atoms with Crippen LogP contribution in [0.4, 0.5) is 5.82 Å². The van der Waals surface area contributed by atoms with Gasteiger partial charge in [0, 0.05) is 30.3 Å². The first kappa shape index (κ1) is 26.6. The number of amides is 1. The maximum atomic E-state index is 13.3. The Labute approximate surface area is 240 Å². The molecule has 1 fully saturated rings. The van der Waals surface area contributed by atoms with Crippen molar-refractivity contribution < 1.29 is 9.90 Å². The van der Waals surface area contributed by atoms with Crippen LogP contribution in [0.5, 0.6) is 5.75 Å². The molecule has 1 amide bonds. The minimum absolute atomic E-state index is 0.0898. The highest BCUT2D eigenvalue weighted by Gasteiger charge is 2.31. The molecule has 6 rings (SSSR count). The van der Waals surface area contributed by atoms with E-state index in [4.69, 9.17) is 4.98 Å². The molecule has 2 heterocycles. The summed E-state index contributed by atoms with van der Waals surface area (Å²) >= 11 is 0. The number of rotatable bonds is 9. The molecule has 3 N–H and O–H groups in total. The fraction of sp³-hybridized carbons (Fsp3) is 0.265. The third kappa shape index (κ3) is 5.80. The Morgan fingerprint density at radius 2 is 1.63 bits per heavy atom. The van der Waals surface area contributed by atoms with Crippen molar-refractivity contribution in [2.45, 2.75) is 51.6 Å². The molecule has 7 heteroatoms. The second-order valence-electron chi connectivity index (χ2n) is 10.9. The lowest BCUT2D eigenvalue weighted by molar-refractivity contribution is -0.123. The van der Waals surface area contributed by atoms with Gasteiger partial charge >= 0.3 is 0 Å². The average molecular weight is 546 g/mol. The molecule has 208 valence electrons. The van der Waals surface area contributed by atoms with Gasteiger partial charge in [-0.05, 0) is 54.5 Å². The van der Waals surface area contributed by atoms with E-state index in [-0.39, 0.29) is 17.6 Å². The van der Waals surface area contributed by atoms with Crippen molar-refractivity contribution in [2.75, 3.05) is 5.32 Å². The zero-order valence-corrected chi connectivity index (χ0v) is 23.3. The Morgan fingerprint density at radius 3 is 2.37 bits per heavy atom. The van der Waals surface area contributed by atoms with E-state index in [1.807, 2.05) is 43.3 Å². The second kappa shape index (κ2) is 11.8. The summed E-state index contributed by atoms with van der Waals surface area (Å²) in [6.45, 7) is 3.06. The monoisotopic (exact) mass is 545 g/mol. The topological polar surface area (TPSA) is 91.5 Å². The van der Waals surface area contributed by atoms with Crippen molar-refractivity contribution >= 4 is 17.4 Å². The molecule has 0 bridgehead atoms. The number of phenols is 1. The molecule has 1 atom stereocenters. The summed E-state index contributed by atoms with van der Waals surface area (Å²) in [4.78, 5) is 18.1. The molecular formula is C34H35N5O2. The molecule has 0 spiro atoms. The lowest BCUT2D eigenvalue weighted by Crippen LogP contribution is -2.32. The van der Waals surface area contributed by atoms with Crippen LogP contribution in [0.15, 0.2) is 91.1 Å². The average Bonchev–Trinajstić information content (AvgIpc) is 3.67. The van der Waals surface area contributed by atoms with Crippen LogP contribution >= 0.6 is 0 Å². The van der Waals surface area contributed by atoms with Crippen molar-refractivity contribution in [3.63, 3.8) is 0 Å². The van der Waals surface area contributed by atoms with Crippen LogP contribution < -0.4 is 10.6 Å². The van der Waals surface area contributed by atoms with Crippen molar-refractivity contribution in [3.05, 3.63) is 113 Å². The third-order valence-electron chi connectivity index (χ3n) is 8.10. The van der Waals surface area contributed by atoms with E-state index in [1.54, 1.807) is 22.8 Å². The lowest BCUT2D eigenvalue weighted by atomic mass is 9.84. The van der Waals surface area contributed by atoms with E-state index < -0.39 is 0 Å². The number of carbonyl (C=O) groups excluding carboxylic acids is 1. The number of hydrogen-bond acceptors (Lipinski definition) is 5. The van der Waals surface area contributed by atoms with Crippen molar-refractivity contribution in [1.82, 2.24) is 19.9 Å². The van der Waals surface area contributed by atoms with Gasteiger partial charge in [-0.25, -0.2) is 4.98 Å². The number of benzene rings is 3. The standard InChI is InChI=1S/C34H35N5O2/c1-23-20-37-39-31(19-29(38-33(23)39)28-13-7-8-14-30(28)40)35-21-24-15-17-25(18-16-24)22-36-34(41)32(27-11-5-6-12-27)26-9-3-2-4-10-26/h2-4,7-10,13-20,27,32,35,40H,5-6,11-12,21-22H2,1H3,(H,36,41). The fourth-order valence-corrected chi connectivity index (χ4v) is 5.88. The van der Waals surface area contributed by atoms with Crippen LogP contribution in [0.3, 0.4) is 0 Å². The minimum Gasteiger partial charge on any atom is -0.507 e. The summed E-state index contributed by atoms with van der Waals surface area (Å²) < 4.78 is 1.79. The molecule has 0 radical (unpaired) electrons.